The standard InChI is InChI=1S/C15H13ClP/c1-17(16)14(12-8-4-2-5-9-12)15(17)13-10-6-3-7-11-13/h2-11H,1H3/q+1. The molecule has 0 saturated carbocycles. The van der Waals surface area contributed by atoms with Crippen molar-refractivity contribution in [2.24, 2.45) is 0 Å². The van der Waals surface area contributed by atoms with Crippen LogP contribution >= 0.6 is 17.9 Å². The molecule has 0 amide bonds. The van der Waals surface area contributed by atoms with E-state index in [1.54, 1.807) is 0 Å². The molecule has 2 aromatic rings. The van der Waals surface area contributed by atoms with Gasteiger partial charge in [0.1, 0.15) is 0 Å². The summed E-state index contributed by atoms with van der Waals surface area (Å²) in [5.74, 6) is 0. The van der Waals surface area contributed by atoms with E-state index in [1.165, 1.54) is 21.8 Å². The van der Waals surface area contributed by atoms with Crippen LogP contribution in [-0.2, 0) is 0 Å². The molecule has 0 atom stereocenters. The minimum atomic E-state index is -1.50. The minimum absolute atomic E-state index is 1.28. The summed E-state index contributed by atoms with van der Waals surface area (Å²) in [4.78, 5) is 0. The molecule has 0 unspecified atom stereocenters. The maximum Gasteiger partial charge on any atom is 0.184 e. The maximum absolute atomic E-state index is 6.68. The average Bonchev–Trinajstić information content (AvgIpc) is 2.94. The molecule has 3 rings (SSSR count). The highest BCUT2D eigenvalue weighted by molar-refractivity contribution is 8.20. The van der Waals surface area contributed by atoms with E-state index >= 15 is 0 Å². The highest BCUT2D eigenvalue weighted by atomic mass is 35.7. The molecule has 0 nitrogen and oxygen atoms in total. The summed E-state index contributed by atoms with van der Waals surface area (Å²) in [6.07, 6.45) is 0. The Hall–Kier alpha value is -1.10. The van der Waals surface area contributed by atoms with E-state index in [9.17, 15) is 0 Å². The largest absolute Gasteiger partial charge is 0.184 e. The van der Waals surface area contributed by atoms with Crippen LogP contribution in [0.1, 0.15) is 11.1 Å². The lowest BCUT2D eigenvalue weighted by Gasteiger charge is -1.94. The Morgan fingerprint density at radius 1 is 0.706 bits per heavy atom. The zero-order valence-corrected chi connectivity index (χ0v) is 11.2. The first-order valence-corrected chi connectivity index (χ1v) is 8.78. The van der Waals surface area contributed by atoms with Crippen LogP contribution < -0.4 is 0 Å². The Morgan fingerprint density at radius 3 is 1.41 bits per heavy atom. The molecule has 0 saturated heterocycles. The molecule has 1 aliphatic heterocycles. The van der Waals surface area contributed by atoms with Gasteiger partial charge in [0.2, 0.25) is 0 Å². The molecule has 2 aromatic carbocycles. The summed E-state index contributed by atoms with van der Waals surface area (Å²) < 4.78 is 0. The van der Waals surface area contributed by atoms with E-state index in [1.807, 2.05) is 12.1 Å². The van der Waals surface area contributed by atoms with Gasteiger partial charge in [-0.2, -0.15) is 0 Å². The second-order valence-electron chi connectivity index (χ2n) is 4.33. The first-order chi connectivity index (χ1) is 8.21. The monoisotopic (exact) mass is 259 g/mol. The van der Waals surface area contributed by atoms with Crippen molar-refractivity contribution in [1.82, 2.24) is 0 Å². The van der Waals surface area contributed by atoms with Crippen molar-refractivity contribution in [2.75, 3.05) is 6.66 Å². The van der Waals surface area contributed by atoms with Gasteiger partial charge in [0.25, 0.3) is 0 Å². The molecule has 0 fully saturated rings. The zero-order valence-electron chi connectivity index (χ0n) is 9.60. The number of hydrogen-bond donors (Lipinski definition) is 0. The fourth-order valence-corrected chi connectivity index (χ4v) is 5.99. The van der Waals surface area contributed by atoms with Crippen molar-refractivity contribution in [3.8, 4) is 0 Å². The molecule has 0 aromatic heterocycles. The molecule has 2 heteroatoms. The lowest BCUT2D eigenvalue weighted by Crippen LogP contribution is -1.70. The highest BCUT2D eigenvalue weighted by Crippen LogP contribution is 2.94. The van der Waals surface area contributed by atoms with E-state index < -0.39 is 6.62 Å². The first-order valence-electron chi connectivity index (χ1n) is 5.63. The summed E-state index contributed by atoms with van der Waals surface area (Å²) in [5.41, 5.74) is 2.55. The van der Waals surface area contributed by atoms with Crippen LogP contribution in [-0.4, -0.2) is 6.66 Å². The molecule has 0 N–H and O–H groups in total. The summed E-state index contributed by atoms with van der Waals surface area (Å²) in [5, 5.41) is 2.73. The van der Waals surface area contributed by atoms with Crippen LogP contribution in [0.15, 0.2) is 60.7 Å². The highest BCUT2D eigenvalue weighted by Gasteiger charge is 2.61. The van der Waals surface area contributed by atoms with Crippen molar-refractivity contribution < 1.29 is 0 Å². The normalized spacial score (nSPS) is 17.1. The molecule has 0 spiro atoms. The Bertz CT molecular complexity index is 519. The van der Waals surface area contributed by atoms with Crippen molar-refractivity contribution in [2.45, 2.75) is 0 Å². The van der Waals surface area contributed by atoms with Crippen molar-refractivity contribution in [3.63, 3.8) is 0 Å². The molecule has 1 aliphatic rings. The Morgan fingerprint density at radius 2 is 1.06 bits per heavy atom. The number of benzene rings is 2. The summed E-state index contributed by atoms with van der Waals surface area (Å²) in [6.45, 7) is 0.682. The number of hydrogen-bond acceptors (Lipinski definition) is 0. The fraction of sp³-hybridized carbons (Fsp3) is 0.0667. The molecular formula is C15H13ClP+. The molecule has 0 aliphatic carbocycles. The van der Waals surface area contributed by atoms with Gasteiger partial charge >= 0.3 is 0 Å². The van der Waals surface area contributed by atoms with Gasteiger partial charge in [-0.25, -0.2) is 0 Å². The second kappa shape index (κ2) is 3.98. The van der Waals surface area contributed by atoms with Crippen molar-refractivity contribution in [3.05, 3.63) is 71.8 Å². The lowest BCUT2D eigenvalue weighted by molar-refractivity contribution is 1.65. The van der Waals surface area contributed by atoms with Crippen LogP contribution in [0.3, 0.4) is 0 Å². The van der Waals surface area contributed by atoms with Gasteiger partial charge in [-0.05, 0) is 0 Å². The SMILES string of the molecule is C[P+]1(Cl)C(c2ccccc2)=C1c1ccccc1. The zero-order chi connectivity index (χ0) is 11.9. The quantitative estimate of drug-likeness (QED) is 0.640. The van der Waals surface area contributed by atoms with Gasteiger partial charge in [-0.3, -0.25) is 0 Å². The van der Waals surface area contributed by atoms with Gasteiger partial charge in [0.15, 0.2) is 17.2 Å². The average molecular weight is 260 g/mol. The van der Waals surface area contributed by atoms with Crippen molar-refractivity contribution >= 4 is 28.5 Å². The van der Waals surface area contributed by atoms with E-state index in [-0.39, 0.29) is 0 Å². The predicted octanol–water partition coefficient (Wildman–Crippen LogP) is 5.33. The Labute approximate surface area is 107 Å². The molecule has 1 heterocycles. The third-order valence-corrected chi connectivity index (χ3v) is 6.54. The van der Waals surface area contributed by atoms with Crippen molar-refractivity contribution in [1.29, 1.82) is 0 Å². The smallest absolute Gasteiger partial charge is 0.0622 e. The molecular weight excluding hydrogens is 247 g/mol. The fourth-order valence-electron chi connectivity index (χ4n) is 2.26. The van der Waals surface area contributed by atoms with Crippen LogP contribution in [0.5, 0.6) is 0 Å². The number of halogens is 1. The third kappa shape index (κ3) is 1.82. The van der Waals surface area contributed by atoms with Gasteiger partial charge < -0.3 is 0 Å². The minimum Gasteiger partial charge on any atom is -0.0622 e. The predicted molar refractivity (Wildman–Crippen MR) is 78.4 cm³/mol. The van der Waals surface area contributed by atoms with Crippen LogP contribution in [0.25, 0.3) is 10.6 Å². The second-order valence-corrected chi connectivity index (χ2v) is 9.04. The Kier molecular flexibility index (Phi) is 2.58. The number of rotatable bonds is 2. The molecule has 84 valence electrons. The summed E-state index contributed by atoms with van der Waals surface area (Å²) in [7, 11) is 0. The molecule has 0 bridgehead atoms. The van der Waals surface area contributed by atoms with Gasteiger partial charge in [0.05, 0.1) is 17.9 Å². The van der Waals surface area contributed by atoms with Crippen LogP contribution in [0.4, 0.5) is 0 Å². The van der Waals surface area contributed by atoms with Gasteiger partial charge in [-0.1, -0.05) is 60.7 Å². The van der Waals surface area contributed by atoms with E-state index in [4.69, 9.17) is 11.2 Å². The molecule has 17 heavy (non-hydrogen) atoms. The maximum atomic E-state index is 6.68. The Balaban J connectivity index is 2.08. The van der Waals surface area contributed by atoms with Gasteiger partial charge in [0, 0.05) is 11.1 Å². The van der Waals surface area contributed by atoms with E-state index in [2.05, 4.69) is 55.2 Å². The van der Waals surface area contributed by atoms with E-state index in [0.29, 0.717) is 0 Å². The lowest BCUT2D eigenvalue weighted by atomic mass is 10.1. The van der Waals surface area contributed by atoms with Crippen LogP contribution in [0, 0.1) is 0 Å². The first kappa shape index (κ1) is 11.0. The van der Waals surface area contributed by atoms with E-state index in [0.717, 1.165) is 0 Å². The third-order valence-electron chi connectivity index (χ3n) is 3.11. The van der Waals surface area contributed by atoms with Gasteiger partial charge in [-0.15, -0.1) is 0 Å². The van der Waals surface area contributed by atoms with Crippen LogP contribution in [0.2, 0.25) is 0 Å². The molecule has 0 radical (unpaired) electrons. The summed E-state index contributed by atoms with van der Waals surface area (Å²) >= 11 is 6.68. The topological polar surface area (TPSA) is 0 Å². The summed E-state index contributed by atoms with van der Waals surface area (Å²) in [6, 6.07) is 20.9.